The number of hydrogen-bond donors (Lipinski definition) is 2. The smallest absolute Gasteiger partial charge is 0.263 e. The van der Waals surface area contributed by atoms with Crippen molar-refractivity contribution < 1.29 is 14.0 Å². The Hall–Kier alpha value is -2.70. The summed E-state index contributed by atoms with van der Waals surface area (Å²) in [5.74, 6) is -1.36. The lowest BCUT2D eigenvalue weighted by Gasteiger charge is -2.09. The van der Waals surface area contributed by atoms with E-state index in [1.54, 1.807) is 6.07 Å². The van der Waals surface area contributed by atoms with Crippen LogP contribution in [0.4, 0.5) is 10.2 Å². The highest BCUT2D eigenvalue weighted by Crippen LogP contribution is 2.24. The third-order valence-electron chi connectivity index (χ3n) is 2.85. The molecule has 0 bridgehead atoms. The van der Waals surface area contributed by atoms with E-state index < -0.39 is 17.6 Å². The second-order valence-corrected chi connectivity index (χ2v) is 4.15. The molecule has 0 saturated heterocycles. The molecule has 0 atom stereocenters. The van der Waals surface area contributed by atoms with Crippen molar-refractivity contribution in [3.05, 3.63) is 41.3 Å². The summed E-state index contributed by atoms with van der Waals surface area (Å²) in [4.78, 5) is 23.0. The molecule has 0 saturated carbocycles. The number of aromatic nitrogens is 2. The summed E-state index contributed by atoms with van der Waals surface area (Å²) in [6.07, 6.45) is -0.0202. The zero-order valence-electron chi connectivity index (χ0n) is 9.68. The van der Waals surface area contributed by atoms with Gasteiger partial charge in [0.1, 0.15) is 17.2 Å². The van der Waals surface area contributed by atoms with Crippen LogP contribution in [0.25, 0.3) is 5.69 Å². The minimum atomic E-state index is -0.577. The highest BCUT2D eigenvalue weighted by Gasteiger charge is 2.29. The predicted octanol–water partition coefficient (Wildman–Crippen LogP) is 0.406. The third kappa shape index (κ3) is 1.75. The Kier molecular flexibility index (Phi) is 2.34. The minimum absolute atomic E-state index is 0.0202. The minimum Gasteiger partial charge on any atom is -0.383 e. The van der Waals surface area contributed by atoms with Gasteiger partial charge in [-0.2, -0.15) is 5.10 Å². The molecule has 6 nitrogen and oxygen atoms in total. The molecule has 2 amide bonds. The first-order chi connectivity index (χ1) is 9.06. The summed E-state index contributed by atoms with van der Waals surface area (Å²) in [6, 6.07) is 5.65. The number of anilines is 1. The van der Waals surface area contributed by atoms with Crippen molar-refractivity contribution in [2.24, 2.45) is 0 Å². The van der Waals surface area contributed by atoms with Gasteiger partial charge in [-0.05, 0) is 18.2 Å². The van der Waals surface area contributed by atoms with E-state index in [9.17, 15) is 14.0 Å². The van der Waals surface area contributed by atoms with Gasteiger partial charge in [0.15, 0.2) is 0 Å². The van der Waals surface area contributed by atoms with Crippen LogP contribution in [0.15, 0.2) is 24.3 Å². The molecule has 2 heterocycles. The van der Waals surface area contributed by atoms with Crippen LogP contribution < -0.4 is 11.1 Å². The normalized spacial score (nSPS) is 14.2. The van der Waals surface area contributed by atoms with Crippen LogP contribution >= 0.6 is 0 Å². The summed E-state index contributed by atoms with van der Waals surface area (Å²) in [7, 11) is 0. The van der Waals surface area contributed by atoms with Crippen molar-refractivity contribution >= 4 is 17.6 Å². The van der Waals surface area contributed by atoms with Gasteiger partial charge in [-0.15, -0.1) is 0 Å². The van der Waals surface area contributed by atoms with Crippen LogP contribution in [0.5, 0.6) is 0 Å². The van der Waals surface area contributed by atoms with Gasteiger partial charge in [0.2, 0.25) is 5.91 Å². The monoisotopic (exact) mass is 260 g/mol. The summed E-state index contributed by atoms with van der Waals surface area (Å²) in [5.41, 5.74) is 6.72. The second kappa shape index (κ2) is 3.91. The third-order valence-corrected chi connectivity index (χ3v) is 2.85. The molecule has 1 aromatic heterocycles. The predicted molar refractivity (Wildman–Crippen MR) is 64.1 cm³/mol. The first-order valence-electron chi connectivity index (χ1n) is 5.54. The number of carbonyl (C=O) groups excluding carboxylic acids is 2. The molecule has 0 spiro atoms. The fourth-order valence-corrected chi connectivity index (χ4v) is 2.04. The summed E-state index contributed by atoms with van der Waals surface area (Å²) < 4.78 is 14.4. The fourth-order valence-electron chi connectivity index (χ4n) is 2.04. The Balaban J connectivity index is 2.17. The largest absolute Gasteiger partial charge is 0.383 e. The molecule has 0 unspecified atom stereocenters. The number of nitrogens with one attached hydrogen (secondary N) is 1. The maximum Gasteiger partial charge on any atom is 0.263 e. The maximum atomic E-state index is 13.2. The van der Waals surface area contributed by atoms with Gasteiger partial charge in [0.25, 0.3) is 5.91 Å². The molecule has 0 aliphatic carbocycles. The van der Waals surface area contributed by atoms with E-state index in [1.807, 2.05) is 0 Å². The van der Waals surface area contributed by atoms with Crippen molar-refractivity contribution in [2.45, 2.75) is 6.42 Å². The molecular formula is C12H9FN4O2. The number of imide groups is 1. The quantitative estimate of drug-likeness (QED) is 0.726. The number of rotatable bonds is 1. The van der Waals surface area contributed by atoms with Gasteiger partial charge in [-0.3, -0.25) is 14.9 Å². The molecule has 1 aromatic carbocycles. The molecule has 19 heavy (non-hydrogen) atoms. The Labute approximate surface area is 107 Å². The number of hydrogen-bond acceptors (Lipinski definition) is 4. The van der Waals surface area contributed by atoms with Crippen LogP contribution in [0.2, 0.25) is 0 Å². The van der Waals surface area contributed by atoms with E-state index in [2.05, 4.69) is 10.4 Å². The lowest BCUT2D eigenvalue weighted by molar-refractivity contribution is -0.119. The van der Waals surface area contributed by atoms with Crippen molar-refractivity contribution in [1.82, 2.24) is 15.1 Å². The molecule has 0 radical (unpaired) electrons. The number of carbonyl (C=O) groups is 2. The second-order valence-electron chi connectivity index (χ2n) is 4.15. The van der Waals surface area contributed by atoms with E-state index in [4.69, 9.17) is 5.73 Å². The summed E-state index contributed by atoms with van der Waals surface area (Å²) in [6.45, 7) is 0. The molecule has 7 heteroatoms. The number of nitrogens with zero attached hydrogens (tertiary/aromatic N) is 2. The summed E-state index contributed by atoms with van der Waals surface area (Å²) >= 11 is 0. The number of fused-ring (bicyclic) bond motifs is 1. The van der Waals surface area contributed by atoms with Gasteiger partial charge >= 0.3 is 0 Å². The van der Waals surface area contributed by atoms with Crippen molar-refractivity contribution in [3.8, 4) is 5.69 Å². The van der Waals surface area contributed by atoms with Crippen molar-refractivity contribution in [1.29, 1.82) is 0 Å². The molecule has 2 aromatic rings. The molecule has 1 aliphatic heterocycles. The van der Waals surface area contributed by atoms with E-state index in [1.165, 1.54) is 22.9 Å². The van der Waals surface area contributed by atoms with Crippen LogP contribution in [0, 0.1) is 5.82 Å². The molecule has 3 rings (SSSR count). The van der Waals surface area contributed by atoms with Crippen LogP contribution in [-0.2, 0) is 11.2 Å². The Morgan fingerprint density at radius 3 is 2.89 bits per heavy atom. The van der Waals surface area contributed by atoms with Crippen LogP contribution in [0.3, 0.4) is 0 Å². The van der Waals surface area contributed by atoms with Gasteiger partial charge in [-0.1, -0.05) is 6.07 Å². The van der Waals surface area contributed by atoms with Gasteiger partial charge < -0.3 is 5.73 Å². The van der Waals surface area contributed by atoms with E-state index >= 15 is 0 Å². The standard InChI is InChI=1S/C12H9FN4O2/c13-6-2-1-3-7(4-6)17-11(14)10-8(16-17)5-9(18)15-12(10)19/h1-4H,5,14H2,(H,15,18,19). The van der Waals surface area contributed by atoms with Crippen LogP contribution in [-0.4, -0.2) is 21.6 Å². The average Bonchev–Trinajstić information content (AvgIpc) is 2.66. The SMILES string of the molecule is Nc1c2c(nn1-c1cccc(F)c1)CC(=O)NC2=O. The van der Waals surface area contributed by atoms with Crippen LogP contribution in [0.1, 0.15) is 16.1 Å². The Bertz CT molecular complexity index is 708. The van der Waals surface area contributed by atoms with E-state index in [0.717, 1.165) is 0 Å². The highest BCUT2D eigenvalue weighted by atomic mass is 19.1. The summed E-state index contributed by atoms with van der Waals surface area (Å²) in [5, 5.41) is 6.27. The first-order valence-corrected chi connectivity index (χ1v) is 5.54. The van der Waals surface area contributed by atoms with Gasteiger partial charge in [0.05, 0.1) is 17.8 Å². The zero-order chi connectivity index (χ0) is 13.6. The van der Waals surface area contributed by atoms with E-state index in [-0.39, 0.29) is 17.8 Å². The first kappa shape index (κ1) is 11.4. The number of amides is 2. The van der Waals surface area contributed by atoms with Crippen molar-refractivity contribution in [3.63, 3.8) is 0 Å². The zero-order valence-corrected chi connectivity index (χ0v) is 9.68. The van der Waals surface area contributed by atoms with Gasteiger partial charge in [0, 0.05) is 0 Å². The molecule has 0 fully saturated rings. The molecule has 3 N–H and O–H groups in total. The Morgan fingerprint density at radius 2 is 2.16 bits per heavy atom. The molecule has 1 aliphatic rings. The molecular weight excluding hydrogens is 251 g/mol. The lowest BCUT2D eigenvalue weighted by Crippen LogP contribution is -2.37. The number of nitrogens with two attached hydrogens (primary N) is 1. The number of halogens is 1. The van der Waals surface area contributed by atoms with Gasteiger partial charge in [-0.25, -0.2) is 9.07 Å². The highest BCUT2D eigenvalue weighted by molar-refractivity contribution is 6.11. The maximum absolute atomic E-state index is 13.2. The average molecular weight is 260 g/mol. The Morgan fingerprint density at radius 1 is 1.37 bits per heavy atom. The van der Waals surface area contributed by atoms with E-state index in [0.29, 0.717) is 11.4 Å². The topological polar surface area (TPSA) is 90.0 Å². The fraction of sp³-hybridized carbons (Fsp3) is 0.0833. The number of nitrogen functional groups attached to an aromatic ring is 1. The number of benzene rings is 1. The lowest BCUT2D eigenvalue weighted by atomic mass is 10.1. The van der Waals surface area contributed by atoms with Crippen molar-refractivity contribution in [2.75, 3.05) is 5.73 Å². The molecule has 96 valence electrons.